The fraction of sp³-hybridized carbons (Fsp3) is 0.214. The molecule has 0 amide bonds. The quantitative estimate of drug-likeness (QED) is 0.798. The molecule has 6 heteroatoms. The topological polar surface area (TPSA) is 63.8 Å². The van der Waals surface area contributed by atoms with Gasteiger partial charge in [0, 0.05) is 11.6 Å². The number of hydrogen-bond donors (Lipinski definition) is 1. The van der Waals surface area contributed by atoms with E-state index < -0.39 is 0 Å². The number of nitrogens with zero attached hydrogens (tertiary/aromatic N) is 3. The van der Waals surface area contributed by atoms with Crippen LogP contribution in [-0.4, -0.2) is 21.7 Å². The molecule has 0 aliphatic carbocycles. The number of aryl methyl sites for hydroxylation is 1. The Hall–Kier alpha value is -2.14. The molecule has 3 aromatic rings. The lowest BCUT2D eigenvalue weighted by Gasteiger charge is -2.06. The van der Waals surface area contributed by atoms with Crippen LogP contribution in [0.2, 0.25) is 5.02 Å². The van der Waals surface area contributed by atoms with E-state index in [0.29, 0.717) is 5.71 Å². The van der Waals surface area contributed by atoms with Gasteiger partial charge in [0.15, 0.2) is 0 Å². The molecule has 2 heterocycles. The largest absolute Gasteiger partial charge is 0.369 e. The fourth-order valence-corrected chi connectivity index (χ4v) is 2.16. The highest BCUT2D eigenvalue weighted by molar-refractivity contribution is 6.30. The summed E-state index contributed by atoms with van der Waals surface area (Å²) in [4.78, 5) is 8.29. The SMILES string of the molecule is Cc1noc2ncnc(NCCc3ccc(Cl)cc3)c12. The van der Waals surface area contributed by atoms with Crippen molar-refractivity contribution in [1.82, 2.24) is 15.1 Å². The molecule has 5 nitrogen and oxygen atoms in total. The molecular formula is C14H13ClN4O. The molecule has 0 aliphatic heterocycles. The Morgan fingerprint density at radius 2 is 2.00 bits per heavy atom. The first-order chi connectivity index (χ1) is 9.74. The molecule has 0 spiro atoms. The number of benzene rings is 1. The number of halogens is 1. The van der Waals surface area contributed by atoms with Crippen molar-refractivity contribution in [3.05, 3.63) is 46.9 Å². The molecule has 0 bridgehead atoms. The minimum absolute atomic E-state index is 0.506. The van der Waals surface area contributed by atoms with Gasteiger partial charge in [0.05, 0.1) is 5.69 Å². The Morgan fingerprint density at radius 1 is 1.20 bits per heavy atom. The van der Waals surface area contributed by atoms with Crippen LogP contribution in [0, 0.1) is 6.92 Å². The van der Waals surface area contributed by atoms with Gasteiger partial charge in [0.1, 0.15) is 17.5 Å². The number of hydrogen-bond acceptors (Lipinski definition) is 5. The maximum Gasteiger partial charge on any atom is 0.263 e. The Kier molecular flexibility index (Phi) is 3.52. The van der Waals surface area contributed by atoms with Crippen LogP contribution in [0.25, 0.3) is 11.1 Å². The van der Waals surface area contributed by atoms with Gasteiger partial charge in [-0.2, -0.15) is 4.98 Å². The van der Waals surface area contributed by atoms with Gasteiger partial charge >= 0.3 is 0 Å². The van der Waals surface area contributed by atoms with Gasteiger partial charge in [-0.05, 0) is 31.0 Å². The maximum absolute atomic E-state index is 5.86. The van der Waals surface area contributed by atoms with Crippen LogP contribution < -0.4 is 5.32 Å². The normalized spacial score (nSPS) is 10.9. The first kappa shape index (κ1) is 12.9. The zero-order valence-electron chi connectivity index (χ0n) is 10.9. The Labute approximate surface area is 121 Å². The summed E-state index contributed by atoms with van der Waals surface area (Å²) in [6, 6.07) is 7.82. The zero-order chi connectivity index (χ0) is 13.9. The lowest BCUT2D eigenvalue weighted by atomic mass is 10.1. The average molecular weight is 289 g/mol. The molecular weight excluding hydrogens is 276 g/mol. The Bertz CT molecular complexity index is 724. The van der Waals surface area contributed by atoms with E-state index in [1.165, 1.54) is 11.9 Å². The van der Waals surface area contributed by atoms with Gasteiger partial charge in [0.2, 0.25) is 0 Å². The molecule has 2 aromatic heterocycles. The molecule has 0 atom stereocenters. The molecule has 1 N–H and O–H groups in total. The van der Waals surface area contributed by atoms with Crippen LogP contribution in [0.5, 0.6) is 0 Å². The zero-order valence-corrected chi connectivity index (χ0v) is 11.7. The minimum Gasteiger partial charge on any atom is -0.369 e. The van der Waals surface area contributed by atoms with Crippen molar-refractivity contribution in [3.8, 4) is 0 Å². The van der Waals surface area contributed by atoms with Gasteiger partial charge < -0.3 is 9.84 Å². The summed E-state index contributed by atoms with van der Waals surface area (Å²) in [6.45, 7) is 2.64. The van der Waals surface area contributed by atoms with Gasteiger partial charge in [-0.3, -0.25) is 0 Å². The predicted molar refractivity (Wildman–Crippen MR) is 78.0 cm³/mol. The van der Waals surface area contributed by atoms with Gasteiger partial charge in [-0.15, -0.1) is 0 Å². The third-order valence-electron chi connectivity index (χ3n) is 3.06. The molecule has 102 valence electrons. The van der Waals surface area contributed by atoms with Crippen LogP contribution >= 0.6 is 11.6 Å². The summed E-state index contributed by atoms with van der Waals surface area (Å²) in [6.07, 6.45) is 2.35. The van der Waals surface area contributed by atoms with Crippen molar-refractivity contribution in [2.75, 3.05) is 11.9 Å². The highest BCUT2D eigenvalue weighted by Gasteiger charge is 2.11. The Morgan fingerprint density at radius 3 is 2.80 bits per heavy atom. The standard InChI is InChI=1S/C14H13ClN4O/c1-9-12-13(17-8-18-14(12)20-19-9)16-7-6-10-2-4-11(15)5-3-10/h2-5,8H,6-7H2,1H3,(H,16,17,18). The highest BCUT2D eigenvalue weighted by Crippen LogP contribution is 2.22. The van der Waals surface area contributed by atoms with Crippen molar-refractivity contribution in [1.29, 1.82) is 0 Å². The second-order valence-electron chi connectivity index (χ2n) is 4.47. The Balaban J connectivity index is 1.71. The number of fused-ring (bicyclic) bond motifs is 1. The van der Waals surface area contributed by atoms with Crippen LogP contribution in [0.1, 0.15) is 11.3 Å². The molecule has 0 fully saturated rings. The second kappa shape index (κ2) is 5.46. The highest BCUT2D eigenvalue weighted by atomic mass is 35.5. The van der Waals surface area contributed by atoms with Crippen LogP contribution in [-0.2, 0) is 6.42 Å². The molecule has 0 radical (unpaired) electrons. The van der Waals surface area contributed by atoms with Gasteiger partial charge in [-0.25, -0.2) is 4.98 Å². The smallest absolute Gasteiger partial charge is 0.263 e. The summed E-state index contributed by atoms with van der Waals surface area (Å²) >= 11 is 5.86. The van der Waals surface area contributed by atoms with Gasteiger partial charge in [-0.1, -0.05) is 28.9 Å². The van der Waals surface area contributed by atoms with E-state index >= 15 is 0 Å². The number of anilines is 1. The van der Waals surface area contributed by atoms with Crippen molar-refractivity contribution in [3.63, 3.8) is 0 Å². The van der Waals surface area contributed by atoms with E-state index in [2.05, 4.69) is 20.4 Å². The van der Waals surface area contributed by atoms with Crippen molar-refractivity contribution in [2.24, 2.45) is 0 Å². The van der Waals surface area contributed by atoms with Crippen LogP contribution in [0.3, 0.4) is 0 Å². The van der Waals surface area contributed by atoms with Crippen LogP contribution in [0.15, 0.2) is 35.1 Å². The number of nitrogens with one attached hydrogen (secondary N) is 1. The predicted octanol–water partition coefficient (Wildman–Crippen LogP) is 3.23. The third kappa shape index (κ3) is 2.58. The van der Waals surface area contributed by atoms with Gasteiger partial charge in [0.25, 0.3) is 5.71 Å². The average Bonchev–Trinajstić information content (AvgIpc) is 2.84. The second-order valence-corrected chi connectivity index (χ2v) is 4.91. The first-order valence-electron chi connectivity index (χ1n) is 6.29. The van der Waals surface area contributed by atoms with E-state index in [9.17, 15) is 0 Å². The summed E-state index contributed by atoms with van der Waals surface area (Å²) in [5.74, 6) is 0.753. The monoisotopic (exact) mass is 288 g/mol. The van der Waals surface area contributed by atoms with Crippen molar-refractivity contribution >= 4 is 28.5 Å². The van der Waals surface area contributed by atoms with E-state index in [0.717, 1.165) is 34.9 Å². The molecule has 1 aromatic carbocycles. The summed E-state index contributed by atoms with van der Waals surface area (Å²) < 4.78 is 5.11. The third-order valence-corrected chi connectivity index (χ3v) is 3.31. The van der Waals surface area contributed by atoms with E-state index in [4.69, 9.17) is 16.1 Å². The molecule has 0 unspecified atom stereocenters. The number of rotatable bonds is 4. The number of aromatic nitrogens is 3. The van der Waals surface area contributed by atoms with E-state index in [-0.39, 0.29) is 0 Å². The van der Waals surface area contributed by atoms with E-state index in [1.54, 1.807) is 0 Å². The van der Waals surface area contributed by atoms with E-state index in [1.807, 2.05) is 31.2 Å². The molecule has 0 aliphatic rings. The van der Waals surface area contributed by atoms with Crippen LogP contribution in [0.4, 0.5) is 5.82 Å². The molecule has 0 saturated carbocycles. The fourth-order valence-electron chi connectivity index (χ4n) is 2.03. The summed E-state index contributed by atoms with van der Waals surface area (Å²) in [5, 5.41) is 8.78. The van der Waals surface area contributed by atoms with Crippen molar-refractivity contribution in [2.45, 2.75) is 13.3 Å². The molecule has 3 rings (SSSR count). The molecule has 0 saturated heterocycles. The van der Waals surface area contributed by atoms with Crippen molar-refractivity contribution < 1.29 is 4.52 Å². The molecule has 20 heavy (non-hydrogen) atoms. The summed E-state index contributed by atoms with van der Waals surface area (Å²) in [5.41, 5.74) is 2.51. The summed E-state index contributed by atoms with van der Waals surface area (Å²) in [7, 11) is 0. The first-order valence-corrected chi connectivity index (χ1v) is 6.67. The lowest BCUT2D eigenvalue weighted by Crippen LogP contribution is -2.07. The maximum atomic E-state index is 5.86. The lowest BCUT2D eigenvalue weighted by molar-refractivity contribution is 0.442. The minimum atomic E-state index is 0.506.